The SMILES string of the molecule is CCCN(CC(=O)O)CC(=O)Nc1ccc(Br)cc1. The topological polar surface area (TPSA) is 69.6 Å². The second-order valence-corrected chi connectivity index (χ2v) is 5.08. The van der Waals surface area contributed by atoms with Crippen molar-refractivity contribution in [3.63, 3.8) is 0 Å². The summed E-state index contributed by atoms with van der Waals surface area (Å²) in [6.07, 6.45) is 0.804. The molecule has 1 amide bonds. The van der Waals surface area contributed by atoms with Gasteiger partial charge in [-0.15, -0.1) is 0 Å². The van der Waals surface area contributed by atoms with Gasteiger partial charge in [0, 0.05) is 10.2 Å². The predicted molar refractivity (Wildman–Crippen MR) is 77.1 cm³/mol. The lowest BCUT2D eigenvalue weighted by Crippen LogP contribution is -2.37. The van der Waals surface area contributed by atoms with Crippen LogP contribution in [0.25, 0.3) is 0 Å². The van der Waals surface area contributed by atoms with Gasteiger partial charge in [0.25, 0.3) is 0 Å². The largest absolute Gasteiger partial charge is 0.480 e. The summed E-state index contributed by atoms with van der Waals surface area (Å²) in [5.74, 6) is -1.14. The molecule has 0 unspecified atom stereocenters. The fourth-order valence-corrected chi connectivity index (χ4v) is 1.92. The molecule has 0 bridgehead atoms. The molecule has 0 saturated carbocycles. The van der Waals surface area contributed by atoms with Gasteiger partial charge in [-0.25, -0.2) is 0 Å². The second kappa shape index (κ2) is 7.91. The zero-order chi connectivity index (χ0) is 14.3. The van der Waals surface area contributed by atoms with E-state index in [2.05, 4.69) is 21.2 Å². The third kappa shape index (κ3) is 6.35. The molecular weight excluding hydrogens is 312 g/mol. The number of aliphatic carboxylic acids is 1. The molecule has 104 valence electrons. The van der Waals surface area contributed by atoms with Crippen molar-refractivity contribution in [3.05, 3.63) is 28.7 Å². The van der Waals surface area contributed by atoms with Crippen molar-refractivity contribution in [2.24, 2.45) is 0 Å². The van der Waals surface area contributed by atoms with E-state index in [0.29, 0.717) is 12.2 Å². The van der Waals surface area contributed by atoms with Gasteiger partial charge in [0.15, 0.2) is 0 Å². The van der Waals surface area contributed by atoms with Gasteiger partial charge in [-0.1, -0.05) is 22.9 Å². The van der Waals surface area contributed by atoms with Gasteiger partial charge in [0.1, 0.15) is 0 Å². The van der Waals surface area contributed by atoms with Crippen LogP contribution >= 0.6 is 15.9 Å². The zero-order valence-electron chi connectivity index (χ0n) is 10.7. The molecule has 0 radical (unpaired) electrons. The van der Waals surface area contributed by atoms with E-state index in [9.17, 15) is 9.59 Å². The lowest BCUT2D eigenvalue weighted by atomic mass is 10.3. The molecule has 6 heteroatoms. The maximum Gasteiger partial charge on any atom is 0.317 e. The standard InChI is InChI=1S/C13H17BrN2O3/c1-2-7-16(9-13(18)19)8-12(17)15-11-5-3-10(14)4-6-11/h3-6H,2,7-9H2,1H3,(H,15,17)(H,18,19). The quantitative estimate of drug-likeness (QED) is 0.804. The normalized spacial score (nSPS) is 10.5. The molecule has 1 aromatic rings. The smallest absolute Gasteiger partial charge is 0.317 e. The van der Waals surface area contributed by atoms with E-state index in [1.54, 1.807) is 17.0 Å². The van der Waals surface area contributed by atoms with Crippen LogP contribution in [-0.2, 0) is 9.59 Å². The molecule has 1 rings (SSSR count). The van der Waals surface area contributed by atoms with Crippen LogP contribution in [0.4, 0.5) is 5.69 Å². The average Bonchev–Trinajstić information content (AvgIpc) is 2.31. The Morgan fingerprint density at radius 2 is 1.89 bits per heavy atom. The Kier molecular flexibility index (Phi) is 6.52. The van der Waals surface area contributed by atoms with Crippen LogP contribution in [0.2, 0.25) is 0 Å². The molecule has 0 aliphatic heterocycles. The summed E-state index contributed by atoms with van der Waals surface area (Å²) < 4.78 is 0.934. The molecular formula is C13H17BrN2O3. The number of anilines is 1. The first kappa shape index (κ1) is 15.7. The number of carboxylic acid groups (broad SMARTS) is 1. The predicted octanol–water partition coefficient (Wildman–Crippen LogP) is 2.18. The minimum absolute atomic E-state index is 0.0796. The van der Waals surface area contributed by atoms with Crippen molar-refractivity contribution in [1.29, 1.82) is 0 Å². The van der Waals surface area contributed by atoms with E-state index in [-0.39, 0.29) is 19.0 Å². The van der Waals surface area contributed by atoms with Crippen molar-refractivity contribution < 1.29 is 14.7 Å². The lowest BCUT2D eigenvalue weighted by molar-refractivity contribution is -0.138. The van der Waals surface area contributed by atoms with Crippen LogP contribution in [0.15, 0.2) is 28.7 Å². The summed E-state index contributed by atoms with van der Waals surface area (Å²) in [4.78, 5) is 24.1. The number of carbonyl (C=O) groups excluding carboxylic acids is 1. The van der Waals surface area contributed by atoms with Gasteiger partial charge in [-0.3, -0.25) is 14.5 Å². The van der Waals surface area contributed by atoms with Crippen molar-refractivity contribution in [3.8, 4) is 0 Å². The molecule has 0 atom stereocenters. The van der Waals surface area contributed by atoms with Crippen molar-refractivity contribution >= 4 is 33.5 Å². The number of nitrogens with one attached hydrogen (secondary N) is 1. The number of nitrogens with zero attached hydrogens (tertiary/aromatic N) is 1. The fourth-order valence-electron chi connectivity index (χ4n) is 1.66. The van der Waals surface area contributed by atoms with Crippen LogP contribution < -0.4 is 5.32 Å². The highest BCUT2D eigenvalue weighted by atomic mass is 79.9. The van der Waals surface area contributed by atoms with Crippen LogP contribution in [0.5, 0.6) is 0 Å². The summed E-state index contributed by atoms with van der Waals surface area (Å²) in [6, 6.07) is 7.22. The van der Waals surface area contributed by atoms with Crippen molar-refractivity contribution in [1.82, 2.24) is 4.90 Å². The molecule has 0 aromatic heterocycles. The summed E-state index contributed by atoms with van der Waals surface area (Å²) in [6.45, 7) is 2.49. The number of hydrogen-bond acceptors (Lipinski definition) is 3. The van der Waals surface area contributed by atoms with Crippen molar-refractivity contribution in [2.75, 3.05) is 25.0 Å². The van der Waals surface area contributed by atoms with E-state index < -0.39 is 5.97 Å². The number of rotatable bonds is 7. The Bertz CT molecular complexity index is 434. The summed E-state index contributed by atoms with van der Waals surface area (Å²) in [5.41, 5.74) is 0.694. The number of benzene rings is 1. The van der Waals surface area contributed by atoms with Crippen LogP contribution in [0.3, 0.4) is 0 Å². The van der Waals surface area contributed by atoms with Crippen LogP contribution in [-0.4, -0.2) is 41.5 Å². The first-order valence-electron chi connectivity index (χ1n) is 6.01. The molecule has 0 saturated heterocycles. The Morgan fingerprint density at radius 1 is 1.26 bits per heavy atom. The Labute approximate surface area is 120 Å². The number of halogens is 1. The second-order valence-electron chi connectivity index (χ2n) is 4.16. The van der Waals surface area contributed by atoms with Crippen molar-refractivity contribution in [2.45, 2.75) is 13.3 Å². The van der Waals surface area contributed by atoms with E-state index in [1.165, 1.54) is 0 Å². The summed E-state index contributed by atoms with van der Waals surface area (Å²) in [5, 5.41) is 11.5. The molecule has 1 aromatic carbocycles. The Morgan fingerprint density at radius 3 is 2.42 bits per heavy atom. The van der Waals surface area contributed by atoms with Gasteiger partial charge < -0.3 is 10.4 Å². The molecule has 0 heterocycles. The van der Waals surface area contributed by atoms with E-state index >= 15 is 0 Å². The Balaban J connectivity index is 2.52. The van der Waals surface area contributed by atoms with Gasteiger partial charge in [-0.2, -0.15) is 0 Å². The monoisotopic (exact) mass is 328 g/mol. The van der Waals surface area contributed by atoms with E-state index in [0.717, 1.165) is 10.9 Å². The highest BCUT2D eigenvalue weighted by Gasteiger charge is 2.13. The minimum atomic E-state index is -0.926. The number of carboxylic acids is 1. The zero-order valence-corrected chi connectivity index (χ0v) is 12.3. The number of hydrogen-bond donors (Lipinski definition) is 2. The third-order valence-corrected chi connectivity index (χ3v) is 2.92. The molecule has 19 heavy (non-hydrogen) atoms. The first-order valence-corrected chi connectivity index (χ1v) is 6.80. The Hall–Kier alpha value is -1.40. The van der Waals surface area contributed by atoms with Gasteiger partial charge in [0.05, 0.1) is 13.1 Å². The van der Waals surface area contributed by atoms with E-state index in [1.807, 2.05) is 19.1 Å². The molecule has 0 fully saturated rings. The number of carbonyl (C=O) groups is 2. The molecule has 0 aliphatic rings. The third-order valence-electron chi connectivity index (χ3n) is 2.39. The highest BCUT2D eigenvalue weighted by Crippen LogP contribution is 2.13. The van der Waals surface area contributed by atoms with Gasteiger partial charge in [0.2, 0.25) is 5.91 Å². The highest BCUT2D eigenvalue weighted by molar-refractivity contribution is 9.10. The fraction of sp³-hybridized carbons (Fsp3) is 0.385. The van der Waals surface area contributed by atoms with E-state index in [4.69, 9.17) is 5.11 Å². The molecule has 0 aliphatic carbocycles. The van der Waals surface area contributed by atoms with Crippen LogP contribution in [0, 0.1) is 0 Å². The van der Waals surface area contributed by atoms with Gasteiger partial charge >= 0.3 is 5.97 Å². The minimum Gasteiger partial charge on any atom is -0.480 e. The number of amides is 1. The average molecular weight is 329 g/mol. The van der Waals surface area contributed by atoms with Crippen LogP contribution in [0.1, 0.15) is 13.3 Å². The van der Waals surface area contributed by atoms with Gasteiger partial charge in [-0.05, 0) is 37.2 Å². The summed E-state index contributed by atoms with van der Waals surface area (Å²) >= 11 is 3.31. The summed E-state index contributed by atoms with van der Waals surface area (Å²) in [7, 11) is 0. The first-order chi connectivity index (χ1) is 9.01. The molecule has 2 N–H and O–H groups in total. The maximum atomic E-state index is 11.8. The maximum absolute atomic E-state index is 11.8. The molecule has 5 nitrogen and oxygen atoms in total. The molecule has 0 spiro atoms. The lowest BCUT2D eigenvalue weighted by Gasteiger charge is -2.18.